The molecule has 0 aliphatic rings. The first-order chi connectivity index (χ1) is 20.6. The molecule has 0 fully saturated rings. The normalized spacial score (nSPS) is 11.4. The van der Waals surface area contributed by atoms with E-state index in [9.17, 15) is 26.3 Å². The summed E-state index contributed by atoms with van der Waals surface area (Å²) in [6, 6.07) is 38.0. The number of benzene rings is 3. The molecule has 0 saturated heterocycles. The van der Waals surface area contributed by atoms with Crippen LogP contribution in [0, 0.1) is 0 Å². The Morgan fingerprint density at radius 2 is 0.818 bits per heavy atom. The van der Waals surface area contributed by atoms with Crippen molar-refractivity contribution in [1.29, 1.82) is 0 Å². The van der Waals surface area contributed by atoms with Gasteiger partial charge in [0.2, 0.25) is 0 Å². The van der Waals surface area contributed by atoms with Crippen LogP contribution in [0.5, 0.6) is 0 Å². The first kappa shape index (κ1) is 32.8. The molecule has 0 spiro atoms. The van der Waals surface area contributed by atoms with Crippen molar-refractivity contribution in [2.45, 2.75) is 12.4 Å². The van der Waals surface area contributed by atoms with Crippen LogP contribution in [0.25, 0.3) is 22.8 Å². The SMILES string of the molecule is FC(F)(F)c1cc(-c2cccc(-c3cc(C(F)(F)F)n[n-]3)n2)[n-]n1.[Pt+2].c1ccc([PH+](c2ccccc2)c2ccccc2)cc1. The molecule has 6 rings (SSSR count). The van der Waals surface area contributed by atoms with Gasteiger partial charge in [-0.1, -0.05) is 72.1 Å². The minimum Gasteiger partial charge on any atom is -0.573 e. The average molecular weight is 804 g/mol. The van der Waals surface area contributed by atoms with Gasteiger partial charge in [0.1, 0.15) is 27.3 Å². The van der Waals surface area contributed by atoms with Gasteiger partial charge in [0.05, 0.1) is 19.3 Å². The van der Waals surface area contributed by atoms with E-state index >= 15 is 0 Å². The average Bonchev–Trinajstić information content (AvgIpc) is 3.71. The molecule has 226 valence electrons. The Balaban J connectivity index is 0.000000201. The number of alkyl halides is 6. The fourth-order valence-corrected chi connectivity index (χ4v) is 6.73. The first-order valence-electron chi connectivity index (χ1n) is 12.8. The van der Waals surface area contributed by atoms with E-state index in [0.29, 0.717) is 12.1 Å². The predicted octanol–water partition coefficient (Wildman–Crippen LogP) is 6.33. The van der Waals surface area contributed by atoms with Crippen LogP contribution in [-0.2, 0) is 33.4 Å². The van der Waals surface area contributed by atoms with Gasteiger partial charge in [0.15, 0.2) is 0 Å². The molecule has 3 aromatic carbocycles. The molecule has 44 heavy (non-hydrogen) atoms. The fourth-order valence-electron chi connectivity index (χ4n) is 4.15. The molecule has 0 aliphatic heterocycles. The van der Waals surface area contributed by atoms with Gasteiger partial charge in [-0.3, -0.25) is 4.98 Å². The predicted molar refractivity (Wildman–Crippen MR) is 154 cm³/mol. The van der Waals surface area contributed by atoms with Crippen LogP contribution in [0.2, 0.25) is 0 Å². The molecular weight excluding hydrogens is 782 g/mol. The van der Waals surface area contributed by atoms with E-state index in [4.69, 9.17) is 0 Å². The molecule has 0 aliphatic carbocycles. The van der Waals surface area contributed by atoms with E-state index in [2.05, 4.69) is 116 Å². The Labute approximate surface area is 263 Å². The smallest absolute Gasteiger partial charge is 0.573 e. The molecule has 3 heterocycles. The summed E-state index contributed by atoms with van der Waals surface area (Å²) in [6.45, 7) is 0. The van der Waals surface area contributed by atoms with Crippen LogP contribution in [0.3, 0.4) is 0 Å². The van der Waals surface area contributed by atoms with Gasteiger partial charge in [0, 0.05) is 0 Å². The van der Waals surface area contributed by atoms with E-state index in [1.165, 1.54) is 34.1 Å². The van der Waals surface area contributed by atoms with Crippen molar-refractivity contribution in [2.75, 3.05) is 0 Å². The summed E-state index contributed by atoms with van der Waals surface area (Å²) < 4.78 is 75.2. The molecule has 5 nitrogen and oxygen atoms in total. The van der Waals surface area contributed by atoms with Crippen LogP contribution < -0.4 is 26.1 Å². The number of nitrogens with zero attached hydrogens (tertiary/aromatic N) is 5. The van der Waals surface area contributed by atoms with Crippen molar-refractivity contribution in [3.8, 4) is 22.8 Å². The van der Waals surface area contributed by atoms with Gasteiger partial charge >= 0.3 is 33.4 Å². The standard InChI is InChI=1S/C18H15P.C13H5F6N5.Pt/c1-4-10-16(11-5-1)19(17-12-6-2-7-13-17)18-14-8-3-9-15-18;14-12(15,16)10-4-8(21-23-10)6-2-1-3-7(20-6)9-5-11(24-22-9)13(17,18)19;/h1-15H;1-5H;/q;-2;+2/p+1. The molecule has 0 N–H and O–H groups in total. The minimum atomic E-state index is -4.65. The Kier molecular flexibility index (Phi) is 10.6. The third-order valence-corrected chi connectivity index (χ3v) is 8.85. The zero-order chi connectivity index (χ0) is 30.5. The van der Waals surface area contributed by atoms with Crippen molar-refractivity contribution in [2.24, 2.45) is 0 Å². The summed E-state index contributed by atoms with van der Waals surface area (Å²) in [6.07, 6.45) is -9.30. The number of hydrogen-bond acceptors (Lipinski definition) is 3. The van der Waals surface area contributed by atoms with Crippen molar-refractivity contribution < 1.29 is 47.4 Å². The maximum atomic E-state index is 12.5. The van der Waals surface area contributed by atoms with Crippen LogP contribution in [0.4, 0.5) is 26.3 Å². The van der Waals surface area contributed by atoms with E-state index in [1.54, 1.807) is 0 Å². The summed E-state index contributed by atoms with van der Waals surface area (Å²) in [5.41, 5.74) is -2.63. The zero-order valence-corrected chi connectivity index (χ0v) is 25.6. The van der Waals surface area contributed by atoms with E-state index in [0.717, 1.165) is 0 Å². The van der Waals surface area contributed by atoms with Crippen LogP contribution in [0.15, 0.2) is 121 Å². The molecule has 0 atom stereocenters. The third kappa shape index (κ3) is 8.10. The molecule has 0 saturated carbocycles. The Hall–Kier alpha value is -4.07. The van der Waals surface area contributed by atoms with Gasteiger partial charge in [-0.2, -0.15) is 26.3 Å². The van der Waals surface area contributed by atoms with Crippen molar-refractivity contribution in [1.82, 2.24) is 25.4 Å². The summed E-state index contributed by atoms with van der Waals surface area (Å²) in [4.78, 5) is 3.96. The first-order valence-corrected chi connectivity index (χ1v) is 14.3. The number of halogens is 6. The van der Waals surface area contributed by atoms with Crippen LogP contribution >= 0.6 is 7.92 Å². The molecule has 0 radical (unpaired) electrons. The molecule has 13 heteroatoms. The zero-order valence-electron chi connectivity index (χ0n) is 22.4. The van der Waals surface area contributed by atoms with Gasteiger partial charge in [-0.05, 0) is 60.7 Å². The van der Waals surface area contributed by atoms with Crippen LogP contribution in [0.1, 0.15) is 11.4 Å². The van der Waals surface area contributed by atoms with Gasteiger partial charge < -0.3 is 20.4 Å². The van der Waals surface area contributed by atoms with Gasteiger partial charge in [-0.25, -0.2) is 0 Å². The van der Waals surface area contributed by atoms with Crippen LogP contribution in [-0.4, -0.2) is 15.2 Å². The maximum Gasteiger partial charge on any atom is 2.00 e. The number of hydrogen-bond donors (Lipinski definition) is 0. The second kappa shape index (κ2) is 14.1. The second-order valence-electron chi connectivity index (χ2n) is 9.11. The summed E-state index contributed by atoms with van der Waals surface area (Å²) in [5, 5.41) is 17.1. The molecular formula is C31H21F6N5PPt+. The number of rotatable bonds is 5. The molecule has 6 aromatic rings. The maximum absolute atomic E-state index is 12.5. The summed E-state index contributed by atoms with van der Waals surface area (Å²) in [7, 11) is -0.877. The van der Waals surface area contributed by atoms with Crippen molar-refractivity contribution >= 4 is 23.8 Å². The van der Waals surface area contributed by atoms with E-state index < -0.39 is 31.7 Å². The summed E-state index contributed by atoms with van der Waals surface area (Å²) >= 11 is 0. The monoisotopic (exact) mass is 803 g/mol. The van der Waals surface area contributed by atoms with E-state index in [-0.39, 0.29) is 43.8 Å². The molecule has 0 bridgehead atoms. The fraction of sp³-hybridized carbons (Fsp3) is 0.0645. The quantitative estimate of drug-likeness (QED) is 0.151. The topological polar surface area (TPSA) is 66.9 Å². The van der Waals surface area contributed by atoms with E-state index in [1.807, 2.05) is 0 Å². The van der Waals surface area contributed by atoms with Crippen molar-refractivity contribution in [3.63, 3.8) is 0 Å². The summed E-state index contributed by atoms with van der Waals surface area (Å²) in [5.74, 6) is 0. The number of pyridine rings is 1. The van der Waals surface area contributed by atoms with Gasteiger partial charge in [-0.15, -0.1) is 0 Å². The largest absolute Gasteiger partial charge is 2.00 e. The number of aromatic nitrogens is 5. The molecule has 0 unspecified atom stereocenters. The molecule has 0 amide bonds. The molecule has 3 aromatic heterocycles. The Morgan fingerprint density at radius 1 is 0.477 bits per heavy atom. The second-order valence-corrected chi connectivity index (χ2v) is 11.6. The van der Waals surface area contributed by atoms with Gasteiger partial charge in [0.25, 0.3) is 0 Å². The Bertz CT molecular complexity index is 1600. The Morgan fingerprint density at radius 3 is 1.11 bits per heavy atom. The third-order valence-electron chi connectivity index (χ3n) is 6.12. The minimum absolute atomic E-state index is 0. The van der Waals surface area contributed by atoms with Crippen molar-refractivity contribution in [3.05, 3.63) is 133 Å².